The van der Waals surface area contributed by atoms with Crippen molar-refractivity contribution in [2.45, 2.75) is 44.4 Å². The number of nitrogens with zero attached hydrogens (tertiary/aromatic N) is 2. The Bertz CT molecular complexity index is 965. The molecule has 0 spiro atoms. The fourth-order valence-corrected chi connectivity index (χ4v) is 4.29. The van der Waals surface area contributed by atoms with Crippen molar-refractivity contribution in [3.63, 3.8) is 0 Å². The number of amides is 1. The molecule has 27 heavy (non-hydrogen) atoms. The number of carbonyl (C=O) groups excluding carboxylic acids is 1. The first-order valence-electron chi connectivity index (χ1n) is 9.38. The monoisotopic (exact) mass is 391 g/mol. The normalized spacial score (nSPS) is 20.6. The molecule has 2 aromatic heterocycles. The Kier molecular flexibility index (Phi) is 4.59. The zero-order valence-corrected chi connectivity index (χ0v) is 16.3. The quantitative estimate of drug-likeness (QED) is 0.696. The Labute approximate surface area is 158 Å². The maximum Gasteiger partial charge on any atom is 0.228 e. The summed E-state index contributed by atoms with van der Waals surface area (Å²) in [5, 5.41) is 3.42. The van der Waals surface area contributed by atoms with E-state index in [0.29, 0.717) is 18.0 Å². The first-order valence-corrected chi connectivity index (χ1v) is 10.9. The lowest BCUT2D eigenvalue weighted by Gasteiger charge is -2.21. The number of rotatable bonds is 6. The zero-order valence-electron chi connectivity index (χ0n) is 15.5. The molecule has 4 rings (SSSR count). The number of aromatic nitrogens is 2. The van der Waals surface area contributed by atoms with Crippen LogP contribution in [-0.2, 0) is 14.8 Å². The molecule has 1 aliphatic carbocycles. The summed E-state index contributed by atoms with van der Waals surface area (Å²) in [6.07, 6.45) is 4.44. The van der Waals surface area contributed by atoms with Gasteiger partial charge in [-0.05, 0) is 39.2 Å². The number of aromatic amines is 1. The van der Waals surface area contributed by atoms with Gasteiger partial charge in [0, 0.05) is 42.7 Å². The summed E-state index contributed by atoms with van der Waals surface area (Å²) in [7, 11) is -3.30. The van der Waals surface area contributed by atoms with E-state index in [1.807, 2.05) is 18.3 Å². The molecule has 3 heterocycles. The van der Waals surface area contributed by atoms with Gasteiger partial charge >= 0.3 is 0 Å². The van der Waals surface area contributed by atoms with Gasteiger partial charge < -0.3 is 15.2 Å². The summed E-state index contributed by atoms with van der Waals surface area (Å²) >= 11 is 0. The predicted molar refractivity (Wildman–Crippen MR) is 105 cm³/mol. The van der Waals surface area contributed by atoms with E-state index in [1.54, 1.807) is 13.8 Å². The lowest BCUT2D eigenvalue weighted by atomic mass is 10.2. The van der Waals surface area contributed by atoms with Crippen molar-refractivity contribution in [3.05, 3.63) is 18.3 Å². The first kappa shape index (κ1) is 18.2. The van der Waals surface area contributed by atoms with Crippen LogP contribution in [0.15, 0.2) is 18.3 Å². The van der Waals surface area contributed by atoms with Gasteiger partial charge in [-0.25, -0.2) is 18.1 Å². The molecule has 1 aliphatic heterocycles. The largest absolute Gasteiger partial charge is 0.369 e. The van der Waals surface area contributed by atoms with Gasteiger partial charge in [0.2, 0.25) is 15.9 Å². The van der Waals surface area contributed by atoms with Crippen molar-refractivity contribution >= 4 is 38.5 Å². The zero-order chi connectivity index (χ0) is 19.2. The number of pyridine rings is 1. The number of hydrogen-bond donors (Lipinski definition) is 3. The maximum absolute atomic E-state index is 12.2. The number of hydrogen-bond acceptors (Lipinski definition) is 5. The first-order chi connectivity index (χ1) is 12.8. The molecule has 146 valence electrons. The van der Waals surface area contributed by atoms with Gasteiger partial charge in [0.25, 0.3) is 0 Å². The molecule has 2 fully saturated rings. The lowest BCUT2D eigenvalue weighted by Crippen LogP contribution is -2.40. The van der Waals surface area contributed by atoms with E-state index < -0.39 is 15.3 Å². The van der Waals surface area contributed by atoms with Crippen LogP contribution in [0.1, 0.15) is 33.1 Å². The van der Waals surface area contributed by atoms with E-state index >= 15 is 0 Å². The summed E-state index contributed by atoms with van der Waals surface area (Å²) in [6, 6.07) is 3.72. The summed E-state index contributed by atoms with van der Waals surface area (Å²) in [6.45, 7) is 4.68. The van der Waals surface area contributed by atoms with Crippen LogP contribution >= 0.6 is 0 Å². The van der Waals surface area contributed by atoms with Gasteiger partial charge in [0.1, 0.15) is 11.5 Å². The number of anilines is 2. The van der Waals surface area contributed by atoms with Crippen LogP contribution in [0.2, 0.25) is 0 Å². The second kappa shape index (κ2) is 6.79. The molecule has 1 atom stereocenters. The fraction of sp³-hybridized carbons (Fsp3) is 0.556. The van der Waals surface area contributed by atoms with E-state index in [1.165, 1.54) is 0 Å². The number of nitrogens with one attached hydrogen (secondary N) is 3. The van der Waals surface area contributed by atoms with E-state index in [-0.39, 0.29) is 17.9 Å². The van der Waals surface area contributed by atoms with Crippen molar-refractivity contribution in [1.82, 2.24) is 14.7 Å². The predicted octanol–water partition coefficient (Wildman–Crippen LogP) is 1.82. The second-order valence-corrected chi connectivity index (χ2v) is 9.94. The number of sulfonamides is 1. The topological polar surface area (TPSA) is 107 Å². The van der Waals surface area contributed by atoms with E-state index in [0.717, 1.165) is 36.9 Å². The molecule has 8 nitrogen and oxygen atoms in total. The SMILES string of the molecule is CC(C)S(=O)(=O)N[C@H]1CCN(c2cc(NC(=O)C3CC3)nc3[nH]ccc23)C1. The highest BCUT2D eigenvalue weighted by Gasteiger charge is 2.31. The number of H-pyrrole nitrogens is 1. The van der Waals surface area contributed by atoms with Crippen molar-refractivity contribution in [2.75, 3.05) is 23.3 Å². The third kappa shape index (κ3) is 3.79. The Hall–Kier alpha value is -2.13. The molecule has 1 amide bonds. The van der Waals surface area contributed by atoms with Crippen LogP contribution in [0.5, 0.6) is 0 Å². The highest BCUT2D eigenvalue weighted by atomic mass is 32.2. The van der Waals surface area contributed by atoms with Gasteiger partial charge in [0.15, 0.2) is 0 Å². The maximum atomic E-state index is 12.2. The van der Waals surface area contributed by atoms with Crippen molar-refractivity contribution < 1.29 is 13.2 Å². The minimum atomic E-state index is -3.30. The minimum Gasteiger partial charge on any atom is -0.369 e. The lowest BCUT2D eigenvalue weighted by molar-refractivity contribution is -0.117. The molecule has 2 aliphatic rings. The molecule has 0 bridgehead atoms. The second-order valence-electron chi connectivity index (χ2n) is 7.67. The van der Waals surface area contributed by atoms with Crippen LogP contribution in [-0.4, -0.2) is 48.7 Å². The van der Waals surface area contributed by atoms with E-state index in [2.05, 4.69) is 24.9 Å². The molecule has 1 saturated carbocycles. The van der Waals surface area contributed by atoms with Crippen LogP contribution in [0.25, 0.3) is 11.0 Å². The molecule has 0 unspecified atom stereocenters. The fourth-order valence-electron chi connectivity index (χ4n) is 3.36. The van der Waals surface area contributed by atoms with Crippen molar-refractivity contribution in [2.24, 2.45) is 5.92 Å². The average Bonchev–Trinajstić information content (AvgIpc) is 3.19. The number of carbonyl (C=O) groups is 1. The summed E-state index contributed by atoms with van der Waals surface area (Å²) in [5.74, 6) is 0.655. The average molecular weight is 391 g/mol. The third-order valence-corrected chi connectivity index (χ3v) is 7.09. The Morgan fingerprint density at radius 1 is 1.33 bits per heavy atom. The Balaban J connectivity index is 1.56. The van der Waals surface area contributed by atoms with Gasteiger partial charge in [0.05, 0.1) is 10.9 Å². The Morgan fingerprint density at radius 2 is 2.11 bits per heavy atom. The highest BCUT2D eigenvalue weighted by Crippen LogP contribution is 2.33. The number of fused-ring (bicyclic) bond motifs is 1. The summed E-state index contributed by atoms with van der Waals surface area (Å²) in [4.78, 5) is 21.9. The molecule has 0 radical (unpaired) electrons. The molecule has 3 N–H and O–H groups in total. The van der Waals surface area contributed by atoms with Crippen molar-refractivity contribution in [1.29, 1.82) is 0 Å². The smallest absolute Gasteiger partial charge is 0.228 e. The molecule has 0 aromatic carbocycles. The Morgan fingerprint density at radius 3 is 2.81 bits per heavy atom. The van der Waals surface area contributed by atoms with Crippen LogP contribution in [0.3, 0.4) is 0 Å². The van der Waals surface area contributed by atoms with Crippen molar-refractivity contribution in [3.8, 4) is 0 Å². The standard InChI is InChI=1S/C18H25N5O3S/c1-11(2)27(25,26)22-13-6-8-23(10-13)15-9-16(21-18(24)12-3-4-12)20-17-14(15)5-7-19-17/h5,7,9,11-13,22H,3-4,6,8,10H2,1-2H3,(H2,19,20,21,24)/t13-/m0/s1. The molecule has 1 saturated heterocycles. The molecule has 9 heteroatoms. The molecular weight excluding hydrogens is 366 g/mol. The van der Waals surface area contributed by atoms with Gasteiger partial charge in [-0.3, -0.25) is 4.79 Å². The van der Waals surface area contributed by atoms with Crippen LogP contribution < -0.4 is 14.9 Å². The minimum absolute atomic E-state index is 0.0170. The van der Waals surface area contributed by atoms with E-state index in [9.17, 15) is 13.2 Å². The highest BCUT2D eigenvalue weighted by molar-refractivity contribution is 7.90. The van der Waals surface area contributed by atoms with Crippen LogP contribution in [0, 0.1) is 5.92 Å². The summed E-state index contributed by atoms with van der Waals surface area (Å²) < 4.78 is 27.1. The van der Waals surface area contributed by atoms with Gasteiger partial charge in [-0.15, -0.1) is 0 Å². The third-order valence-electron chi connectivity index (χ3n) is 5.19. The summed E-state index contributed by atoms with van der Waals surface area (Å²) in [5.41, 5.74) is 1.67. The van der Waals surface area contributed by atoms with Gasteiger partial charge in [-0.1, -0.05) is 0 Å². The molecular formula is C18H25N5O3S. The molecule has 2 aromatic rings. The van der Waals surface area contributed by atoms with Gasteiger partial charge in [-0.2, -0.15) is 0 Å². The van der Waals surface area contributed by atoms with E-state index in [4.69, 9.17) is 0 Å². The van der Waals surface area contributed by atoms with Crippen LogP contribution in [0.4, 0.5) is 11.5 Å².